The summed E-state index contributed by atoms with van der Waals surface area (Å²) in [5, 5.41) is 82.4. The fourth-order valence-electron chi connectivity index (χ4n) is 22.1. The first-order chi connectivity index (χ1) is 66.7. The summed E-state index contributed by atoms with van der Waals surface area (Å²) < 4.78 is 5.64. The number of anilines is 4. The summed E-state index contributed by atoms with van der Waals surface area (Å²) in [6, 6.07) is 64.8. The standard InChI is InChI=1S/C35H37N3O4.C28H31N3O4.C26H33N3O6.C20H23N3O4/c1-2-30-32(36-34(40)31(33(30)39)35(41)42)25-13-15-28(16-14-25)38-21-26-17-29(18-27(26)22-38)37(19-23-9-5-3-6-10-23)20-24-11-7-4-8-12-24;1-2-23-25(30-27(33)24(26(23)32)28(34)35)18-8-10-22(11-9-18)31-15-19-12-21(13-20(19)16-31)29-14-17-6-4-3-5-7-17;1-5-18-21(27-23(31)20(22(18)30)24(32)33)15-8-10-17(11-9-15)28-13-16-7-6-12-29(19(16)14-28)25(34)35-26(2,3)4;1-2-13-16(22-18(25)15(17(13)24)19(26)27)11-3-5-12(6-4-11)23-9-14(21)20(10-23)7-8-20/h3-16,26-27,29H,2,17-22H2,1H3,(H,41,42)(H2,36,39,40);3-11,19-21,29H,2,12-16H2,1H3,(H,34,35)(H2,30,32,33);8-11,16,19H,5-7,12-14H2,1-4H3,(H,32,33)(H2,27,30,31);3-6,14H,2,7-10,21H2,1H3,(H,26,27)(H2,22,24,25)/t26-,27+,29?;19-,20+,21?;;. The van der Waals surface area contributed by atoms with E-state index in [2.05, 4.69) is 147 Å². The van der Waals surface area contributed by atoms with E-state index < -0.39 is 97.0 Å². The summed E-state index contributed by atoms with van der Waals surface area (Å²) in [5.74, 6) is -4.59. The van der Waals surface area contributed by atoms with Crippen molar-refractivity contribution in [1.29, 1.82) is 0 Å². The molecule has 5 aliphatic heterocycles. The Morgan fingerprint density at radius 1 is 0.424 bits per heavy atom. The van der Waals surface area contributed by atoms with E-state index in [1.54, 1.807) is 13.8 Å². The first-order valence-corrected chi connectivity index (χ1v) is 48.3. The van der Waals surface area contributed by atoms with Gasteiger partial charge in [0.25, 0.3) is 22.2 Å². The lowest BCUT2D eigenvalue weighted by Gasteiger charge is -2.37. The third-order valence-electron chi connectivity index (χ3n) is 29.4. The number of aromatic hydroxyl groups is 4. The van der Waals surface area contributed by atoms with E-state index in [4.69, 9.17) is 15.6 Å². The predicted octanol–water partition coefficient (Wildman–Crippen LogP) is 15.7. The van der Waals surface area contributed by atoms with Gasteiger partial charge in [-0.1, -0.05) is 167 Å². The van der Waals surface area contributed by atoms with Crippen LogP contribution in [0.3, 0.4) is 0 Å². The second-order valence-corrected chi connectivity index (χ2v) is 39.2. The van der Waals surface area contributed by atoms with Gasteiger partial charge in [-0.3, -0.25) is 24.1 Å². The Labute approximate surface area is 805 Å². The second kappa shape index (κ2) is 41.6. The molecule has 5 unspecified atom stereocenters. The molecule has 3 aliphatic carbocycles. The number of pyridine rings is 4. The number of piperidine rings is 1. The smallest absolute Gasteiger partial charge is 0.410 e. The number of aromatic carboxylic acids is 4. The van der Waals surface area contributed by atoms with E-state index in [0.717, 1.165) is 118 Å². The van der Waals surface area contributed by atoms with Crippen molar-refractivity contribution < 1.29 is 69.6 Å². The number of likely N-dealkylation sites (tertiary alicyclic amines) is 1. The third kappa shape index (κ3) is 21.3. The predicted molar refractivity (Wildman–Crippen MR) is 535 cm³/mol. The Morgan fingerprint density at radius 3 is 1.06 bits per heavy atom. The molecule has 0 radical (unpaired) electrons. The normalized spacial score (nSPS) is 20.3. The Bertz CT molecular complexity index is 6510. The maximum atomic E-state index is 12.8. The van der Waals surface area contributed by atoms with Crippen molar-refractivity contribution in [2.24, 2.45) is 40.7 Å². The number of hydrogen-bond acceptors (Lipinski definition) is 21. The zero-order chi connectivity index (χ0) is 98.6. The Balaban J connectivity index is 0.000000135. The highest BCUT2D eigenvalue weighted by Crippen LogP contribution is 2.53. The topological polar surface area (TPSA) is 445 Å². The molecule has 15 N–H and O–H groups in total. The van der Waals surface area contributed by atoms with Crippen molar-refractivity contribution in [3.8, 4) is 68.0 Å². The molecular weight excluding hydrogens is 1770 g/mol. The molecule has 4 aromatic heterocycles. The molecule has 3 saturated carbocycles. The number of carbonyl (C=O) groups excluding carboxylic acids is 1. The summed E-state index contributed by atoms with van der Waals surface area (Å²) in [5.41, 5.74) is 15.1. The van der Waals surface area contributed by atoms with E-state index in [0.29, 0.717) is 131 Å². The van der Waals surface area contributed by atoms with Gasteiger partial charge >= 0.3 is 30.0 Å². The van der Waals surface area contributed by atoms with Crippen LogP contribution < -0.4 is 52.9 Å². The van der Waals surface area contributed by atoms with Crippen LogP contribution in [-0.4, -0.2) is 189 Å². The van der Waals surface area contributed by atoms with Gasteiger partial charge in [-0.15, -0.1) is 0 Å². The maximum Gasteiger partial charge on any atom is 0.410 e. The van der Waals surface area contributed by atoms with E-state index >= 15 is 0 Å². The van der Waals surface area contributed by atoms with Crippen LogP contribution in [0.1, 0.15) is 180 Å². The van der Waals surface area contributed by atoms with Crippen LogP contribution in [0, 0.1) is 35.0 Å². The summed E-state index contributed by atoms with van der Waals surface area (Å²) >= 11 is 0. The SMILES string of the molecule is CCc1c(-c2ccc(N3CC(N)C4(CC4)C3)cc2)[nH]c(=O)c(C(=O)O)c1O.CCc1c(-c2ccc(N3CC4CCCN(C(=O)OC(C)(C)C)C4C3)cc2)[nH]c(=O)c(C(=O)O)c1O.CCc1c(-c2ccc(N3C[C@H]4CC(N(Cc5ccccc5)Cc5ccccc5)C[C@H]4C3)cc2)[nH]c(=O)c(C(=O)O)c1O.CCc1c(-c2ccc(N3C[C@H]4CC(NCc5ccccc5)C[C@H]4C3)cc2)[nH]c(=O)c(C(=O)O)c1O. The summed E-state index contributed by atoms with van der Waals surface area (Å²) in [6.07, 6.45) is 10.5. The van der Waals surface area contributed by atoms with Gasteiger partial charge in [-0.25, -0.2) is 24.0 Å². The average Bonchev–Trinajstić information content (AvgIpc) is 1.59. The highest BCUT2D eigenvalue weighted by molar-refractivity contribution is 5.94. The van der Waals surface area contributed by atoms with Crippen LogP contribution in [0.15, 0.2) is 207 Å². The molecule has 8 aliphatic rings. The van der Waals surface area contributed by atoms with Crippen molar-refractivity contribution >= 4 is 52.7 Å². The van der Waals surface area contributed by atoms with Crippen LogP contribution >= 0.6 is 0 Å². The minimum absolute atomic E-state index is 0.0989. The molecule has 139 heavy (non-hydrogen) atoms. The summed E-state index contributed by atoms with van der Waals surface area (Å²) in [4.78, 5) is 132. The quantitative estimate of drug-likeness (QED) is 0.0267. The van der Waals surface area contributed by atoms with Crippen LogP contribution in [0.5, 0.6) is 23.0 Å². The van der Waals surface area contributed by atoms with Crippen LogP contribution in [0.2, 0.25) is 0 Å². The molecule has 1 spiro atoms. The van der Waals surface area contributed by atoms with Crippen LogP contribution in [0.25, 0.3) is 45.0 Å². The van der Waals surface area contributed by atoms with Gasteiger partial charge < -0.3 is 101 Å². The molecule has 19 rings (SSSR count). The molecule has 5 saturated heterocycles. The number of carboxylic acids is 4. The molecule has 7 aromatic carbocycles. The zero-order valence-corrected chi connectivity index (χ0v) is 79.5. The minimum atomic E-state index is -1.46. The lowest BCUT2D eigenvalue weighted by molar-refractivity contribution is 0.00661. The lowest BCUT2D eigenvalue weighted by Crippen LogP contribution is -2.50. The highest BCUT2D eigenvalue weighted by Gasteiger charge is 2.54. The Kier molecular flexibility index (Phi) is 29.3. The van der Waals surface area contributed by atoms with Gasteiger partial charge in [-0.05, 0) is 215 Å². The largest absolute Gasteiger partial charge is 0.506 e. The molecule has 9 heterocycles. The number of ether oxygens (including phenoxy) is 1. The van der Waals surface area contributed by atoms with Crippen LogP contribution in [-0.2, 0) is 50.1 Å². The second-order valence-electron chi connectivity index (χ2n) is 39.2. The molecule has 30 heteroatoms. The maximum absolute atomic E-state index is 12.8. The Morgan fingerprint density at radius 2 is 0.741 bits per heavy atom. The number of nitrogens with zero attached hydrogens (tertiary/aromatic N) is 6. The summed E-state index contributed by atoms with van der Waals surface area (Å²) in [6.45, 7) is 23.9. The average molecular weight is 1890 g/mol. The minimum Gasteiger partial charge on any atom is -0.506 e. The third-order valence-corrected chi connectivity index (χ3v) is 29.4. The van der Waals surface area contributed by atoms with Crippen molar-refractivity contribution in [1.82, 2.24) is 35.1 Å². The molecule has 30 nitrogen and oxygen atoms in total. The molecule has 728 valence electrons. The van der Waals surface area contributed by atoms with Gasteiger partial charge in [0.2, 0.25) is 0 Å². The zero-order valence-electron chi connectivity index (χ0n) is 79.5. The van der Waals surface area contributed by atoms with Gasteiger partial charge in [0.1, 0.15) is 28.6 Å². The lowest BCUT2D eigenvalue weighted by atomic mass is 9.92. The number of rotatable bonds is 24. The number of nitrogens with one attached hydrogen (secondary N) is 5. The van der Waals surface area contributed by atoms with E-state index in [1.165, 1.54) is 55.2 Å². The number of fused-ring (bicyclic) bond motifs is 3. The molecule has 1 amide bonds. The highest BCUT2D eigenvalue weighted by atomic mass is 16.6. The first-order valence-electron chi connectivity index (χ1n) is 48.3. The number of carbonyl (C=O) groups is 5. The summed E-state index contributed by atoms with van der Waals surface area (Å²) in [7, 11) is 0. The van der Waals surface area contributed by atoms with Gasteiger partial charge in [0, 0.05) is 147 Å². The van der Waals surface area contributed by atoms with E-state index in [-0.39, 0.29) is 23.6 Å². The van der Waals surface area contributed by atoms with E-state index in [9.17, 15) is 78.9 Å². The number of aromatic nitrogens is 4. The molecule has 11 aromatic rings. The number of aromatic amines is 4. The molecular formula is C109H124N12O18. The monoisotopic (exact) mass is 1890 g/mol. The van der Waals surface area contributed by atoms with Crippen molar-refractivity contribution in [3.63, 3.8) is 0 Å². The number of amides is 1. The van der Waals surface area contributed by atoms with E-state index in [1.807, 2.05) is 131 Å². The molecule has 9 atom stereocenters. The van der Waals surface area contributed by atoms with Gasteiger partial charge in [-0.2, -0.15) is 0 Å². The van der Waals surface area contributed by atoms with Crippen molar-refractivity contribution in [3.05, 3.63) is 291 Å². The number of nitrogens with two attached hydrogens (primary N) is 1. The van der Waals surface area contributed by atoms with Crippen molar-refractivity contribution in [2.45, 2.75) is 175 Å². The fourth-order valence-corrected chi connectivity index (χ4v) is 22.1. The number of hydrogen-bond donors (Lipinski definition) is 14. The van der Waals surface area contributed by atoms with Gasteiger partial charge in [0.05, 0.1) is 28.8 Å². The van der Waals surface area contributed by atoms with Gasteiger partial charge in [0.15, 0.2) is 22.3 Å². The van der Waals surface area contributed by atoms with Crippen LogP contribution in [0.4, 0.5) is 27.5 Å². The number of H-pyrrole nitrogens is 4. The fraction of sp³-hybridized carbons (Fsp3) is 0.385. The molecule has 8 fully saturated rings. The molecule has 0 bridgehead atoms. The Hall–Kier alpha value is -14.2. The number of carboxylic acid groups (broad SMARTS) is 4. The number of benzene rings is 7. The van der Waals surface area contributed by atoms with Crippen molar-refractivity contribution in [2.75, 3.05) is 78.5 Å². The first kappa shape index (κ1) is 97.8.